The van der Waals surface area contributed by atoms with Gasteiger partial charge in [0.25, 0.3) is 5.69 Å². The van der Waals surface area contributed by atoms with Crippen LogP contribution >= 0.6 is 0 Å². The average Bonchev–Trinajstić information content (AvgIpc) is 3.99. The predicted octanol–water partition coefficient (Wildman–Crippen LogP) is 13.9. The van der Waals surface area contributed by atoms with Gasteiger partial charge in [-0.15, -0.1) is 0 Å². The van der Waals surface area contributed by atoms with Crippen LogP contribution in [0.2, 0.25) is 0 Å². The molecule has 0 spiro atoms. The van der Waals surface area contributed by atoms with Gasteiger partial charge in [0, 0.05) is 65.8 Å². The van der Waals surface area contributed by atoms with Gasteiger partial charge in [-0.25, -0.2) is 9.97 Å². The summed E-state index contributed by atoms with van der Waals surface area (Å²) in [5.74, 6) is 1.72. The van der Waals surface area contributed by atoms with Gasteiger partial charge in [0.1, 0.15) is 11.6 Å². The zero-order chi connectivity index (χ0) is 41.3. The molecular formula is C54H34N6O2. The van der Waals surface area contributed by atoms with Crippen molar-refractivity contribution in [3.05, 3.63) is 210 Å². The second-order valence-corrected chi connectivity index (χ2v) is 15.5. The Hall–Kier alpha value is -8.62. The SMILES string of the molecule is O=[N+]([O-])c1ccccc1-c1cccc2c3ccccc3n(-c3ccc4ccccc4n3)c12.c1ccc2nc(-n3c4ccccc4c4ccc5[nH]c6ccccc6c5c43)ccc2c1. The van der Waals surface area contributed by atoms with Gasteiger partial charge in [-0.3, -0.25) is 19.2 Å². The summed E-state index contributed by atoms with van der Waals surface area (Å²) >= 11 is 0. The highest BCUT2D eigenvalue weighted by Crippen LogP contribution is 2.42. The Balaban J connectivity index is 0.000000132. The van der Waals surface area contributed by atoms with Gasteiger partial charge >= 0.3 is 0 Å². The van der Waals surface area contributed by atoms with E-state index in [0.29, 0.717) is 5.56 Å². The topological polar surface area (TPSA) is 94.6 Å². The summed E-state index contributed by atoms with van der Waals surface area (Å²) < 4.78 is 4.43. The maximum absolute atomic E-state index is 11.8. The van der Waals surface area contributed by atoms with Gasteiger partial charge in [-0.05, 0) is 66.7 Å². The van der Waals surface area contributed by atoms with Gasteiger partial charge < -0.3 is 4.98 Å². The predicted molar refractivity (Wildman–Crippen MR) is 254 cm³/mol. The molecule has 0 saturated carbocycles. The molecule has 5 heterocycles. The van der Waals surface area contributed by atoms with Crippen LogP contribution in [0.4, 0.5) is 5.69 Å². The van der Waals surface area contributed by atoms with E-state index in [0.717, 1.165) is 71.8 Å². The van der Waals surface area contributed by atoms with E-state index in [4.69, 9.17) is 9.97 Å². The summed E-state index contributed by atoms with van der Waals surface area (Å²) in [4.78, 5) is 25.0. The number of nitro benzene ring substituents is 1. The number of benzene rings is 8. The third-order valence-corrected chi connectivity index (χ3v) is 12.0. The summed E-state index contributed by atoms with van der Waals surface area (Å²) in [5, 5.41) is 21.1. The lowest BCUT2D eigenvalue weighted by molar-refractivity contribution is -0.384. The van der Waals surface area contributed by atoms with Gasteiger partial charge in [-0.2, -0.15) is 0 Å². The van der Waals surface area contributed by atoms with Crippen molar-refractivity contribution in [2.24, 2.45) is 0 Å². The summed E-state index contributed by atoms with van der Waals surface area (Å²) in [5.41, 5.74) is 9.99. The van der Waals surface area contributed by atoms with Crippen LogP contribution in [0.1, 0.15) is 0 Å². The van der Waals surface area contributed by atoms with Crippen LogP contribution in [0.5, 0.6) is 0 Å². The van der Waals surface area contributed by atoms with Crippen LogP contribution in [0, 0.1) is 10.1 Å². The standard InChI is InChI=1S/C27H17N3O2.C27H17N3/c31-30(32)25-15-6-3-10-20(25)22-12-7-11-21-19-9-2-5-14-24(19)29(27(21)22)26-17-16-18-8-1-4-13-23(18)28-26;1-4-10-21-17(7-1)13-16-25(29-21)30-24-12-6-3-8-18(24)19-14-15-23-26(27(19)30)20-9-2-5-11-22(20)28-23/h1-17H;1-16,28H. The first-order valence-corrected chi connectivity index (χ1v) is 20.5. The minimum Gasteiger partial charge on any atom is -0.354 e. The second kappa shape index (κ2) is 14.0. The fourth-order valence-corrected chi connectivity index (χ4v) is 9.32. The number of nitro groups is 1. The lowest BCUT2D eigenvalue weighted by Crippen LogP contribution is -1.99. The zero-order valence-corrected chi connectivity index (χ0v) is 33.1. The van der Waals surface area contributed by atoms with Crippen molar-refractivity contribution in [1.82, 2.24) is 24.1 Å². The molecule has 0 aliphatic heterocycles. The van der Waals surface area contributed by atoms with Crippen LogP contribution in [-0.4, -0.2) is 29.0 Å². The molecule has 0 radical (unpaired) electrons. The normalized spacial score (nSPS) is 11.7. The molecule has 0 aliphatic rings. The lowest BCUT2D eigenvalue weighted by Gasteiger charge is -2.12. The van der Waals surface area contributed by atoms with Gasteiger partial charge in [0.15, 0.2) is 0 Å². The van der Waals surface area contributed by atoms with Crippen LogP contribution in [0.3, 0.4) is 0 Å². The van der Waals surface area contributed by atoms with Gasteiger partial charge in [0.2, 0.25) is 0 Å². The summed E-state index contributed by atoms with van der Waals surface area (Å²) in [6.45, 7) is 0. The van der Waals surface area contributed by atoms with Crippen molar-refractivity contribution in [3.63, 3.8) is 0 Å². The van der Waals surface area contributed by atoms with Crippen molar-refractivity contribution in [2.45, 2.75) is 0 Å². The highest BCUT2D eigenvalue weighted by atomic mass is 16.6. The largest absolute Gasteiger partial charge is 0.354 e. The lowest BCUT2D eigenvalue weighted by atomic mass is 10.0. The van der Waals surface area contributed by atoms with Gasteiger partial charge in [0.05, 0.1) is 43.6 Å². The number of fused-ring (bicyclic) bond motifs is 12. The Kier molecular flexibility index (Phi) is 7.98. The molecule has 13 rings (SSSR count). The first-order valence-electron chi connectivity index (χ1n) is 20.5. The Morgan fingerprint density at radius 3 is 1.61 bits per heavy atom. The Labute approximate surface area is 353 Å². The monoisotopic (exact) mass is 798 g/mol. The molecule has 0 aliphatic carbocycles. The minimum absolute atomic E-state index is 0.0864. The summed E-state index contributed by atoms with van der Waals surface area (Å²) in [6.07, 6.45) is 0. The van der Waals surface area contributed by atoms with E-state index in [1.54, 1.807) is 12.1 Å². The number of hydrogen-bond donors (Lipinski definition) is 1. The van der Waals surface area contributed by atoms with Crippen molar-refractivity contribution in [3.8, 4) is 22.8 Å². The fraction of sp³-hybridized carbons (Fsp3) is 0. The number of rotatable bonds is 4. The third-order valence-electron chi connectivity index (χ3n) is 12.0. The highest BCUT2D eigenvalue weighted by molar-refractivity contribution is 6.25. The first-order chi connectivity index (χ1) is 30.6. The molecule has 0 bridgehead atoms. The molecule has 0 amide bonds. The van der Waals surface area contributed by atoms with Crippen LogP contribution in [-0.2, 0) is 0 Å². The number of aromatic amines is 1. The molecule has 0 atom stereocenters. The molecule has 1 N–H and O–H groups in total. The number of para-hydroxylation sites is 7. The molecule has 0 saturated heterocycles. The Bertz CT molecular complexity index is 3930. The van der Waals surface area contributed by atoms with Crippen molar-refractivity contribution in [2.75, 3.05) is 0 Å². The van der Waals surface area contributed by atoms with E-state index in [9.17, 15) is 10.1 Å². The Morgan fingerprint density at radius 1 is 0.419 bits per heavy atom. The maximum atomic E-state index is 11.8. The van der Waals surface area contributed by atoms with Crippen molar-refractivity contribution < 1.29 is 4.92 Å². The number of nitrogens with zero attached hydrogens (tertiary/aromatic N) is 5. The van der Waals surface area contributed by atoms with Crippen LogP contribution in [0.25, 0.3) is 110 Å². The molecule has 62 heavy (non-hydrogen) atoms. The summed E-state index contributed by atoms with van der Waals surface area (Å²) in [7, 11) is 0. The molecule has 8 aromatic carbocycles. The maximum Gasteiger partial charge on any atom is 0.277 e. The average molecular weight is 799 g/mol. The smallest absolute Gasteiger partial charge is 0.277 e. The van der Waals surface area contributed by atoms with E-state index in [-0.39, 0.29) is 10.6 Å². The van der Waals surface area contributed by atoms with E-state index >= 15 is 0 Å². The Morgan fingerprint density at radius 2 is 0.935 bits per heavy atom. The van der Waals surface area contributed by atoms with Crippen LogP contribution in [0.15, 0.2) is 200 Å². The highest BCUT2D eigenvalue weighted by Gasteiger charge is 2.22. The molecule has 5 aromatic heterocycles. The number of pyridine rings is 2. The number of hydrogen-bond acceptors (Lipinski definition) is 4. The first kappa shape index (κ1) is 35.3. The van der Waals surface area contributed by atoms with E-state index in [1.807, 2.05) is 72.8 Å². The fourth-order valence-electron chi connectivity index (χ4n) is 9.32. The molecular weight excluding hydrogens is 765 g/mol. The molecule has 0 unspecified atom stereocenters. The molecule has 292 valence electrons. The number of nitrogens with one attached hydrogen (secondary N) is 1. The zero-order valence-electron chi connectivity index (χ0n) is 33.1. The number of aromatic nitrogens is 5. The van der Waals surface area contributed by atoms with Crippen molar-refractivity contribution in [1.29, 1.82) is 0 Å². The molecule has 8 heteroatoms. The second-order valence-electron chi connectivity index (χ2n) is 15.5. The third kappa shape index (κ3) is 5.47. The number of H-pyrrole nitrogens is 1. The molecule has 8 nitrogen and oxygen atoms in total. The molecule has 0 fully saturated rings. The van der Waals surface area contributed by atoms with Crippen molar-refractivity contribution >= 4 is 92.9 Å². The van der Waals surface area contributed by atoms with E-state index in [1.165, 1.54) is 32.6 Å². The minimum atomic E-state index is -0.324. The quantitative estimate of drug-likeness (QED) is 0.142. The van der Waals surface area contributed by atoms with Crippen LogP contribution < -0.4 is 0 Å². The summed E-state index contributed by atoms with van der Waals surface area (Å²) in [6, 6.07) is 67.2. The van der Waals surface area contributed by atoms with E-state index < -0.39 is 0 Å². The van der Waals surface area contributed by atoms with Gasteiger partial charge in [-0.1, -0.05) is 127 Å². The van der Waals surface area contributed by atoms with E-state index in [2.05, 4.69) is 129 Å². The molecule has 13 aromatic rings.